The van der Waals surface area contributed by atoms with Crippen LogP contribution in [0, 0.1) is 17.7 Å². The van der Waals surface area contributed by atoms with Gasteiger partial charge in [-0.1, -0.05) is 12.1 Å². The number of fused-ring (bicyclic) bond motifs is 1. The number of benzene rings is 1. The van der Waals surface area contributed by atoms with Gasteiger partial charge in [-0.15, -0.1) is 0 Å². The molecule has 0 aliphatic carbocycles. The van der Waals surface area contributed by atoms with E-state index in [1.165, 1.54) is 12.1 Å². The number of carbonyl (C=O) groups is 1. The van der Waals surface area contributed by atoms with Gasteiger partial charge in [0.05, 0.1) is 18.2 Å². The highest BCUT2D eigenvalue weighted by Crippen LogP contribution is 2.54. The van der Waals surface area contributed by atoms with Gasteiger partial charge in [-0.25, -0.2) is 4.39 Å². The first-order chi connectivity index (χ1) is 12.5. The molecule has 2 bridgehead atoms. The Hall–Kier alpha value is -1.46. The molecule has 4 nitrogen and oxygen atoms in total. The summed E-state index contributed by atoms with van der Waals surface area (Å²) in [5, 5.41) is 0. The molecule has 0 unspecified atom stereocenters. The number of likely N-dealkylation sites (tertiary alicyclic amines) is 1. The summed E-state index contributed by atoms with van der Waals surface area (Å²) in [7, 11) is 4.23. The minimum Gasteiger partial charge on any atom is -0.369 e. The van der Waals surface area contributed by atoms with Crippen molar-refractivity contribution in [2.45, 2.75) is 43.8 Å². The molecular weight excluding hydrogens is 331 g/mol. The van der Waals surface area contributed by atoms with Crippen LogP contribution in [-0.2, 0) is 16.0 Å². The molecule has 1 amide bonds. The van der Waals surface area contributed by atoms with E-state index in [2.05, 4.69) is 19.0 Å². The maximum absolute atomic E-state index is 13.0. The lowest BCUT2D eigenvalue weighted by Crippen LogP contribution is -2.40. The Kier molecular flexibility index (Phi) is 4.78. The van der Waals surface area contributed by atoms with Crippen molar-refractivity contribution in [2.75, 3.05) is 33.7 Å². The van der Waals surface area contributed by atoms with E-state index >= 15 is 0 Å². The molecule has 26 heavy (non-hydrogen) atoms. The van der Waals surface area contributed by atoms with Gasteiger partial charge in [0.1, 0.15) is 5.82 Å². The van der Waals surface area contributed by atoms with Crippen molar-refractivity contribution in [3.8, 4) is 0 Å². The molecule has 0 aromatic heterocycles. The molecular formula is C21H29FN2O2. The first kappa shape index (κ1) is 17.9. The smallest absolute Gasteiger partial charge is 0.222 e. The van der Waals surface area contributed by atoms with Crippen molar-refractivity contribution in [1.29, 1.82) is 0 Å². The van der Waals surface area contributed by atoms with Crippen molar-refractivity contribution in [2.24, 2.45) is 11.8 Å². The van der Waals surface area contributed by atoms with Crippen LogP contribution in [0.1, 0.15) is 31.2 Å². The second-order valence-electron chi connectivity index (χ2n) is 8.55. The van der Waals surface area contributed by atoms with E-state index in [1.54, 1.807) is 12.1 Å². The molecule has 3 aliphatic heterocycles. The molecule has 0 N–H and O–H groups in total. The Morgan fingerprint density at radius 3 is 2.85 bits per heavy atom. The van der Waals surface area contributed by atoms with E-state index in [9.17, 15) is 9.18 Å². The van der Waals surface area contributed by atoms with E-state index in [0.29, 0.717) is 24.4 Å². The Balaban J connectivity index is 1.32. The van der Waals surface area contributed by atoms with E-state index in [1.807, 2.05) is 4.90 Å². The Bertz CT molecular complexity index is 662. The van der Waals surface area contributed by atoms with Gasteiger partial charge in [-0.3, -0.25) is 4.79 Å². The second-order valence-corrected chi connectivity index (χ2v) is 8.55. The van der Waals surface area contributed by atoms with Gasteiger partial charge >= 0.3 is 0 Å². The first-order valence-electron chi connectivity index (χ1n) is 9.82. The summed E-state index contributed by atoms with van der Waals surface area (Å²) in [6.45, 7) is 2.67. The van der Waals surface area contributed by atoms with Crippen molar-refractivity contribution in [3.63, 3.8) is 0 Å². The van der Waals surface area contributed by atoms with Crippen LogP contribution in [0.4, 0.5) is 4.39 Å². The molecule has 1 aromatic carbocycles. The Morgan fingerprint density at radius 2 is 2.12 bits per heavy atom. The fourth-order valence-electron chi connectivity index (χ4n) is 5.30. The van der Waals surface area contributed by atoms with Gasteiger partial charge in [-0.05, 0) is 57.5 Å². The van der Waals surface area contributed by atoms with E-state index < -0.39 is 0 Å². The zero-order chi connectivity index (χ0) is 18.3. The molecule has 0 radical (unpaired) electrons. The van der Waals surface area contributed by atoms with Gasteiger partial charge in [-0.2, -0.15) is 0 Å². The van der Waals surface area contributed by atoms with E-state index in [0.717, 1.165) is 50.9 Å². The molecule has 4 rings (SSSR count). The monoisotopic (exact) mass is 360 g/mol. The van der Waals surface area contributed by atoms with Crippen LogP contribution in [0.15, 0.2) is 24.3 Å². The summed E-state index contributed by atoms with van der Waals surface area (Å²) in [6.07, 6.45) is 4.81. The highest BCUT2D eigenvalue weighted by Gasteiger charge is 2.63. The minimum atomic E-state index is -0.213. The van der Waals surface area contributed by atoms with Crippen LogP contribution in [0.25, 0.3) is 0 Å². The fourth-order valence-corrected chi connectivity index (χ4v) is 5.30. The van der Waals surface area contributed by atoms with Crippen molar-refractivity contribution in [1.82, 2.24) is 9.80 Å². The summed E-state index contributed by atoms with van der Waals surface area (Å²) in [4.78, 5) is 17.0. The van der Waals surface area contributed by atoms with Gasteiger partial charge in [0.15, 0.2) is 0 Å². The molecule has 5 heteroatoms. The Morgan fingerprint density at radius 1 is 1.35 bits per heavy atom. The molecule has 1 aromatic rings. The van der Waals surface area contributed by atoms with Crippen molar-refractivity contribution >= 4 is 5.91 Å². The van der Waals surface area contributed by atoms with E-state index in [4.69, 9.17) is 4.74 Å². The third kappa shape index (κ3) is 3.27. The minimum absolute atomic E-state index is 0.0715. The van der Waals surface area contributed by atoms with Crippen molar-refractivity contribution in [3.05, 3.63) is 35.6 Å². The third-order valence-corrected chi connectivity index (χ3v) is 6.48. The van der Waals surface area contributed by atoms with Crippen LogP contribution in [0.3, 0.4) is 0 Å². The third-order valence-electron chi connectivity index (χ3n) is 6.48. The number of aryl methyl sites for hydroxylation is 1. The number of ether oxygens (including phenoxy) is 1. The highest BCUT2D eigenvalue weighted by molar-refractivity contribution is 5.76. The second kappa shape index (κ2) is 6.93. The number of halogens is 1. The summed E-state index contributed by atoms with van der Waals surface area (Å²) < 4.78 is 19.4. The molecule has 1 spiro atoms. The molecule has 3 heterocycles. The van der Waals surface area contributed by atoms with Gasteiger partial charge in [0.25, 0.3) is 0 Å². The summed E-state index contributed by atoms with van der Waals surface area (Å²) in [5.41, 5.74) is 1.02. The van der Waals surface area contributed by atoms with Crippen LogP contribution in [-0.4, -0.2) is 61.1 Å². The molecule has 142 valence electrons. The van der Waals surface area contributed by atoms with Crippen molar-refractivity contribution < 1.29 is 13.9 Å². The molecule has 3 saturated heterocycles. The molecule has 3 aliphatic rings. The van der Waals surface area contributed by atoms with E-state index in [-0.39, 0.29) is 17.3 Å². The summed E-state index contributed by atoms with van der Waals surface area (Å²) >= 11 is 0. The predicted octanol–water partition coefficient (Wildman–Crippen LogP) is 2.72. The topological polar surface area (TPSA) is 32.8 Å². The number of rotatable bonds is 6. The lowest BCUT2D eigenvalue weighted by molar-refractivity contribution is -0.131. The zero-order valence-electron chi connectivity index (χ0n) is 15.8. The van der Waals surface area contributed by atoms with Crippen LogP contribution >= 0.6 is 0 Å². The quantitative estimate of drug-likeness (QED) is 0.782. The highest BCUT2D eigenvalue weighted by atomic mass is 19.1. The van der Waals surface area contributed by atoms with Crippen LogP contribution < -0.4 is 0 Å². The zero-order valence-corrected chi connectivity index (χ0v) is 15.8. The number of amides is 1. The summed E-state index contributed by atoms with van der Waals surface area (Å²) in [5.74, 6) is 1.07. The predicted molar refractivity (Wildman–Crippen MR) is 98.3 cm³/mol. The Labute approximate surface area is 155 Å². The maximum atomic E-state index is 13.0. The SMILES string of the molecule is CN(C)C[C@H]1[C@H]2CN(C(=O)CCCc3ccc(F)cc3)C[C@]23CC[C@H]1O3. The van der Waals surface area contributed by atoms with Crippen LogP contribution in [0.5, 0.6) is 0 Å². The van der Waals surface area contributed by atoms with Gasteiger partial charge in [0.2, 0.25) is 5.91 Å². The fraction of sp³-hybridized carbons (Fsp3) is 0.667. The lowest BCUT2D eigenvalue weighted by atomic mass is 9.73. The number of hydrogen-bond acceptors (Lipinski definition) is 3. The average molecular weight is 360 g/mol. The first-order valence-corrected chi connectivity index (χ1v) is 9.82. The number of nitrogens with zero attached hydrogens (tertiary/aromatic N) is 2. The molecule has 0 saturated carbocycles. The summed E-state index contributed by atoms with van der Waals surface area (Å²) in [6, 6.07) is 6.57. The normalized spacial score (nSPS) is 32.5. The average Bonchev–Trinajstić information content (AvgIpc) is 3.26. The van der Waals surface area contributed by atoms with Gasteiger partial charge < -0.3 is 14.5 Å². The maximum Gasteiger partial charge on any atom is 0.222 e. The number of hydrogen-bond donors (Lipinski definition) is 0. The molecule has 3 fully saturated rings. The van der Waals surface area contributed by atoms with Crippen LogP contribution in [0.2, 0.25) is 0 Å². The lowest BCUT2D eigenvalue weighted by Gasteiger charge is -2.30. The molecule has 4 atom stereocenters. The largest absolute Gasteiger partial charge is 0.369 e. The number of carbonyl (C=O) groups excluding carboxylic acids is 1. The van der Waals surface area contributed by atoms with Gasteiger partial charge in [0, 0.05) is 31.3 Å². The standard InChI is InChI=1S/C21H29FN2O2/c1-23(2)12-17-18-13-24(14-21(18)11-10-19(17)26-21)20(25)5-3-4-15-6-8-16(22)9-7-15/h6-9,17-19H,3-5,10-14H2,1-2H3/t17-,18+,19+,21+/m0/s1.